The minimum atomic E-state index is 0.122. The summed E-state index contributed by atoms with van der Waals surface area (Å²) in [4.78, 5) is 14.3. The monoisotopic (exact) mass is 388 g/mol. The van der Waals surface area contributed by atoms with Gasteiger partial charge in [-0.1, -0.05) is 42.1 Å². The number of nitrogens with zero attached hydrogens (tertiary/aromatic N) is 4. The van der Waals surface area contributed by atoms with Crippen molar-refractivity contribution in [2.75, 3.05) is 38.7 Å². The molecule has 0 spiro atoms. The molecule has 27 heavy (non-hydrogen) atoms. The topological polar surface area (TPSA) is 69.5 Å². The number of thioether (sulfide) groups is 1. The summed E-state index contributed by atoms with van der Waals surface area (Å²) in [6.45, 7) is 4.08. The second-order valence-electron chi connectivity index (χ2n) is 6.70. The van der Waals surface area contributed by atoms with Crippen molar-refractivity contribution >= 4 is 17.7 Å². The van der Waals surface area contributed by atoms with Crippen LogP contribution in [0.5, 0.6) is 0 Å². The van der Waals surface area contributed by atoms with Gasteiger partial charge >= 0.3 is 0 Å². The molecule has 2 aliphatic rings. The van der Waals surface area contributed by atoms with Crippen molar-refractivity contribution in [1.82, 2.24) is 19.7 Å². The van der Waals surface area contributed by atoms with Crippen LogP contribution in [-0.2, 0) is 20.8 Å². The van der Waals surface area contributed by atoms with Gasteiger partial charge in [0.2, 0.25) is 5.91 Å². The molecule has 4 rings (SSSR count). The van der Waals surface area contributed by atoms with Crippen molar-refractivity contribution in [2.24, 2.45) is 0 Å². The molecule has 1 aromatic carbocycles. The number of ether oxygens (including phenoxy) is 2. The Balaban J connectivity index is 1.50. The maximum atomic E-state index is 12.5. The summed E-state index contributed by atoms with van der Waals surface area (Å²) in [5, 5.41) is 9.56. The van der Waals surface area contributed by atoms with Crippen molar-refractivity contribution in [3.63, 3.8) is 0 Å². The highest BCUT2D eigenvalue weighted by atomic mass is 32.2. The molecule has 2 aromatic rings. The molecular weight excluding hydrogens is 364 g/mol. The summed E-state index contributed by atoms with van der Waals surface area (Å²) in [5.74, 6) is 1.31. The minimum Gasteiger partial charge on any atom is -0.378 e. The quantitative estimate of drug-likeness (QED) is 0.706. The summed E-state index contributed by atoms with van der Waals surface area (Å²) in [5.41, 5.74) is 1.02. The number of carbonyl (C=O) groups is 1. The number of aromatic nitrogens is 3. The lowest BCUT2D eigenvalue weighted by Crippen LogP contribution is -2.41. The highest BCUT2D eigenvalue weighted by Crippen LogP contribution is 2.26. The first kappa shape index (κ1) is 18.5. The Kier molecular flexibility index (Phi) is 6.06. The average molecular weight is 388 g/mol. The van der Waals surface area contributed by atoms with Gasteiger partial charge in [-0.05, 0) is 12.8 Å². The predicted octanol–water partition coefficient (Wildman–Crippen LogP) is 2.08. The van der Waals surface area contributed by atoms with Crippen LogP contribution in [0.3, 0.4) is 0 Å². The first-order valence-corrected chi connectivity index (χ1v) is 10.4. The van der Waals surface area contributed by atoms with Crippen LogP contribution in [0.4, 0.5) is 0 Å². The number of morpholine rings is 1. The van der Waals surface area contributed by atoms with Crippen molar-refractivity contribution in [3.05, 3.63) is 30.3 Å². The molecule has 0 bridgehead atoms. The van der Waals surface area contributed by atoms with Crippen LogP contribution in [0.25, 0.3) is 11.4 Å². The van der Waals surface area contributed by atoms with E-state index in [1.807, 2.05) is 35.2 Å². The van der Waals surface area contributed by atoms with Crippen molar-refractivity contribution in [3.8, 4) is 11.4 Å². The SMILES string of the molecule is O=C(CSc1nnc(-c2ccccc2)n1C[C@H]1CCCO1)N1CCOCC1. The molecule has 2 saturated heterocycles. The fourth-order valence-corrected chi connectivity index (χ4v) is 4.23. The van der Waals surface area contributed by atoms with E-state index in [9.17, 15) is 4.79 Å². The molecule has 0 radical (unpaired) electrons. The number of carbonyl (C=O) groups excluding carboxylic acids is 1. The van der Waals surface area contributed by atoms with E-state index in [0.29, 0.717) is 38.6 Å². The molecule has 2 fully saturated rings. The minimum absolute atomic E-state index is 0.122. The Morgan fingerprint density at radius 3 is 2.70 bits per heavy atom. The van der Waals surface area contributed by atoms with Gasteiger partial charge in [0, 0.05) is 25.3 Å². The van der Waals surface area contributed by atoms with Gasteiger partial charge in [0.15, 0.2) is 11.0 Å². The zero-order valence-corrected chi connectivity index (χ0v) is 16.1. The van der Waals surface area contributed by atoms with E-state index >= 15 is 0 Å². The largest absolute Gasteiger partial charge is 0.378 e. The second-order valence-corrected chi connectivity index (χ2v) is 7.64. The Morgan fingerprint density at radius 2 is 1.96 bits per heavy atom. The third-order valence-electron chi connectivity index (χ3n) is 4.85. The fourth-order valence-electron chi connectivity index (χ4n) is 3.38. The first-order valence-electron chi connectivity index (χ1n) is 9.40. The lowest BCUT2D eigenvalue weighted by atomic mass is 10.2. The van der Waals surface area contributed by atoms with E-state index in [2.05, 4.69) is 14.8 Å². The molecule has 1 aromatic heterocycles. The van der Waals surface area contributed by atoms with Gasteiger partial charge in [-0.15, -0.1) is 10.2 Å². The second kappa shape index (κ2) is 8.86. The lowest BCUT2D eigenvalue weighted by Gasteiger charge is -2.26. The normalized spacial score (nSPS) is 20.1. The van der Waals surface area contributed by atoms with Gasteiger partial charge in [-0.2, -0.15) is 0 Å². The summed E-state index contributed by atoms with van der Waals surface area (Å²) in [7, 11) is 0. The average Bonchev–Trinajstić information content (AvgIpc) is 3.38. The van der Waals surface area contributed by atoms with Gasteiger partial charge in [0.05, 0.1) is 31.6 Å². The molecule has 1 amide bonds. The van der Waals surface area contributed by atoms with Crippen molar-refractivity contribution in [1.29, 1.82) is 0 Å². The van der Waals surface area contributed by atoms with E-state index in [1.54, 1.807) is 0 Å². The van der Waals surface area contributed by atoms with Crippen LogP contribution < -0.4 is 0 Å². The Labute approximate surface area is 163 Å². The van der Waals surface area contributed by atoms with E-state index in [1.165, 1.54) is 11.8 Å². The molecular formula is C19H24N4O3S. The standard InChI is InChI=1S/C19H24N4O3S/c24-17(22-8-11-25-12-9-22)14-27-19-21-20-18(15-5-2-1-3-6-15)23(19)13-16-7-4-10-26-16/h1-3,5-6,16H,4,7-14H2/t16-/m1/s1. The molecule has 0 N–H and O–H groups in total. The van der Waals surface area contributed by atoms with E-state index in [0.717, 1.165) is 36.0 Å². The highest BCUT2D eigenvalue weighted by Gasteiger charge is 2.23. The van der Waals surface area contributed by atoms with Gasteiger partial charge in [0.1, 0.15) is 0 Å². The maximum Gasteiger partial charge on any atom is 0.233 e. The highest BCUT2D eigenvalue weighted by molar-refractivity contribution is 7.99. The van der Waals surface area contributed by atoms with Crippen LogP contribution in [0.15, 0.2) is 35.5 Å². The van der Waals surface area contributed by atoms with Gasteiger partial charge in [-0.3, -0.25) is 9.36 Å². The predicted molar refractivity (Wildman–Crippen MR) is 103 cm³/mol. The molecule has 2 aliphatic heterocycles. The van der Waals surface area contributed by atoms with Gasteiger partial charge in [-0.25, -0.2) is 0 Å². The Morgan fingerprint density at radius 1 is 1.15 bits per heavy atom. The van der Waals surface area contributed by atoms with Crippen LogP contribution in [-0.4, -0.2) is 70.3 Å². The number of amides is 1. The van der Waals surface area contributed by atoms with Crippen LogP contribution in [0, 0.1) is 0 Å². The number of hydrogen-bond donors (Lipinski definition) is 0. The Bertz CT molecular complexity index is 756. The molecule has 0 unspecified atom stereocenters. The van der Waals surface area contributed by atoms with E-state index in [4.69, 9.17) is 9.47 Å². The number of benzene rings is 1. The van der Waals surface area contributed by atoms with E-state index < -0.39 is 0 Å². The van der Waals surface area contributed by atoms with Crippen LogP contribution in [0.1, 0.15) is 12.8 Å². The van der Waals surface area contributed by atoms with Crippen molar-refractivity contribution < 1.29 is 14.3 Å². The third-order valence-corrected chi connectivity index (χ3v) is 5.80. The Hall–Kier alpha value is -1.90. The zero-order chi connectivity index (χ0) is 18.5. The summed E-state index contributed by atoms with van der Waals surface area (Å²) in [6, 6.07) is 10.0. The van der Waals surface area contributed by atoms with Gasteiger partial charge in [0.25, 0.3) is 0 Å². The maximum absolute atomic E-state index is 12.5. The number of hydrogen-bond acceptors (Lipinski definition) is 6. The van der Waals surface area contributed by atoms with Crippen LogP contribution in [0.2, 0.25) is 0 Å². The summed E-state index contributed by atoms with van der Waals surface area (Å²) >= 11 is 1.45. The number of rotatable bonds is 6. The third kappa shape index (κ3) is 4.51. The smallest absolute Gasteiger partial charge is 0.233 e. The summed E-state index contributed by atoms with van der Waals surface area (Å²) < 4.78 is 13.2. The molecule has 144 valence electrons. The molecule has 3 heterocycles. The van der Waals surface area contributed by atoms with Gasteiger partial charge < -0.3 is 14.4 Å². The lowest BCUT2D eigenvalue weighted by molar-refractivity contribution is -0.132. The molecule has 0 saturated carbocycles. The molecule has 8 heteroatoms. The van der Waals surface area contributed by atoms with E-state index in [-0.39, 0.29) is 12.0 Å². The zero-order valence-electron chi connectivity index (χ0n) is 15.2. The van der Waals surface area contributed by atoms with Crippen LogP contribution >= 0.6 is 11.8 Å². The fraction of sp³-hybridized carbons (Fsp3) is 0.526. The first-order chi connectivity index (χ1) is 13.3. The summed E-state index contributed by atoms with van der Waals surface area (Å²) in [6.07, 6.45) is 2.31. The molecule has 0 aliphatic carbocycles. The molecule has 1 atom stereocenters. The van der Waals surface area contributed by atoms with Crippen molar-refractivity contribution in [2.45, 2.75) is 30.6 Å². The molecule has 7 nitrogen and oxygen atoms in total.